The number of hydrogen-bond donors (Lipinski definition) is 1. The van der Waals surface area contributed by atoms with Crippen molar-refractivity contribution < 1.29 is 22.8 Å². The monoisotopic (exact) mass is 549 g/mol. The van der Waals surface area contributed by atoms with Crippen molar-refractivity contribution in [3.05, 3.63) is 81.8 Å². The van der Waals surface area contributed by atoms with Crippen LogP contribution in [0.25, 0.3) is 0 Å². The number of carbonyl (C=O) groups excluding carboxylic acids is 2. The van der Waals surface area contributed by atoms with Gasteiger partial charge in [0.25, 0.3) is 0 Å². The second-order valence-electron chi connectivity index (χ2n) is 10.3. The lowest BCUT2D eigenvalue weighted by molar-refractivity contribution is -0.129. The lowest BCUT2D eigenvalue weighted by Crippen LogP contribution is -2.43. The molecule has 10 heteroatoms. The van der Waals surface area contributed by atoms with Gasteiger partial charge in [-0.1, -0.05) is 12.1 Å². The lowest BCUT2D eigenvalue weighted by Gasteiger charge is -2.38. The van der Waals surface area contributed by atoms with Crippen LogP contribution in [0.4, 0.5) is 13.2 Å². The minimum atomic E-state index is -1.04. The number of likely N-dealkylation sites (tertiary alicyclic amines) is 1. The molecule has 2 amide bonds. The van der Waals surface area contributed by atoms with Crippen molar-refractivity contribution in [3.8, 4) is 12.1 Å². The Morgan fingerprint density at radius 1 is 1.10 bits per heavy atom. The van der Waals surface area contributed by atoms with Crippen molar-refractivity contribution in [1.82, 2.24) is 15.1 Å². The van der Waals surface area contributed by atoms with Crippen LogP contribution in [0.5, 0.6) is 0 Å². The Kier molecular flexibility index (Phi) is 8.61. The van der Waals surface area contributed by atoms with E-state index in [2.05, 4.69) is 16.3 Å². The molecule has 4 rings (SSSR count). The van der Waals surface area contributed by atoms with Gasteiger partial charge in [-0.25, -0.2) is 13.2 Å². The molecule has 2 aromatic rings. The molecular weight excluding hydrogens is 519 g/mol. The van der Waals surface area contributed by atoms with Gasteiger partial charge in [0.1, 0.15) is 5.82 Å². The zero-order valence-electron chi connectivity index (χ0n) is 22.4. The minimum Gasteiger partial charge on any atom is -0.352 e. The Labute approximate surface area is 231 Å². The molecule has 0 aliphatic carbocycles. The van der Waals surface area contributed by atoms with E-state index >= 15 is 0 Å². The molecule has 1 atom stereocenters. The van der Waals surface area contributed by atoms with Crippen molar-refractivity contribution in [2.24, 2.45) is 0 Å². The van der Waals surface area contributed by atoms with Gasteiger partial charge < -0.3 is 15.1 Å². The van der Waals surface area contributed by atoms with Gasteiger partial charge in [-0.05, 0) is 81.2 Å². The SMILES string of the molecule is CC1=C(C(=O)NCCCN2CCC(C#N)(c3ccc(F)cc3C#N)CC2)C(c2ccc(F)c(F)c2)CC(=O)N1C. The van der Waals surface area contributed by atoms with Crippen LogP contribution in [-0.2, 0) is 15.0 Å². The fraction of sp³-hybridized carbons (Fsp3) is 0.400. The summed E-state index contributed by atoms with van der Waals surface area (Å²) in [6.45, 7) is 3.90. The second kappa shape index (κ2) is 11.9. The molecule has 40 heavy (non-hydrogen) atoms. The summed E-state index contributed by atoms with van der Waals surface area (Å²) >= 11 is 0. The van der Waals surface area contributed by atoms with Crippen LogP contribution in [0.3, 0.4) is 0 Å². The number of carbonyl (C=O) groups is 2. The second-order valence-corrected chi connectivity index (χ2v) is 10.3. The Morgan fingerprint density at radius 3 is 2.48 bits per heavy atom. The molecule has 208 valence electrons. The first-order chi connectivity index (χ1) is 19.1. The first kappa shape index (κ1) is 28.8. The van der Waals surface area contributed by atoms with E-state index in [0.29, 0.717) is 67.8 Å². The number of hydrogen-bond acceptors (Lipinski definition) is 5. The van der Waals surface area contributed by atoms with Gasteiger partial charge in [0, 0.05) is 37.2 Å². The summed E-state index contributed by atoms with van der Waals surface area (Å²) < 4.78 is 41.1. The molecule has 1 saturated heterocycles. The number of amides is 2. The Hall–Kier alpha value is -4.15. The van der Waals surface area contributed by atoms with Crippen molar-refractivity contribution in [2.45, 2.75) is 43.9 Å². The average molecular weight is 550 g/mol. The summed E-state index contributed by atoms with van der Waals surface area (Å²) in [5.41, 5.74) is 1.05. The third-order valence-corrected chi connectivity index (χ3v) is 8.06. The standard InChI is InChI=1S/C30H30F3N5O2/c1-19-28(23(16-27(39)37(19)2)20-4-7-25(32)26(33)15-20)29(40)36-10-3-11-38-12-8-30(18-35,9-13-38)24-6-5-22(31)14-21(24)17-34/h4-7,14-15,23H,3,8-13,16H2,1-2H3,(H,36,40). The molecule has 0 radical (unpaired) electrons. The maximum atomic E-state index is 13.9. The van der Waals surface area contributed by atoms with E-state index in [1.165, 1.54) is 23.1 Å². The van der Waals surface area contributed by atoms with Crippen LogP contribution in [0.2, 0.25) is 0 Å². The van der Waals surface area contributed by atoms with Gasteiger partial charge in [0.05, 0.1) is 23.1 Å². The maximum Gasteiger partial charge on any atom is 0.249 e. The number of nitriles is 2. The van der Waals surface area contributed by atoms with E-state index < -0.39 is 28.8 Å². The predicted octanol–water partition coefficient (Wildman–Crippen LogP) is 4.26. The molecule has 7 nitrogen and oxygen atoms in total. The molecule has 2 heterocycles. The van der Waals surface area contributed by atoms with Gasteiger partial charge in [-0.15, -0.1) is 0 Å². The summed E-state index contributed by atoms with van der Waals surface area (Å²) in [6, 6.07) is 11.8. The van der Waals surface area contributed by atoms with E-state index in [-0.39, 0.29) is 23.8 Å². The third kappa shape index (κ3) is 5.73. The summed E-state index contributed by atoms with van der Waals surface area (Å²) in [7, 11) is 1.58. The number of nitrogens with zero attached hydrogens (tertiary/aromatic N) is 4. The molecule has 1 N–H and O–H groups in total. The summed E-state index contributed by atoms with van der Waals surface area (Å²) in [4.78, 5) is 29.3. The lowest BCUT2D eigenvalue weighted by atomic mass is 9.72. The normalized spacial score (nSPS) is 19.2. The molecule has 0 saturated carbocycles. The topological polar surface area (TPSA) is 100 Å². The van der Waals surface area contributed by atoms with Crippen LogP contribution in [0.1, 0.15) is 55.2 Å². The van der Waals surface area contributed by atoms with E-state index in [0.717, 1.165) is 18.2 Å². The summed E-state index contributed by atoms with van der Waals surface area (Å²) in [5.74, 6) is -3.82. The van der Waals surface area contributed by atoms with Crippen LogP contribution in [0.15, 0.2) is 47.7 Å². The Balaban J connectivity index is 1.36. The van der Waals surface area contributed by atoms with Gasteiger partial charge in [0.2, 0.25) is 11.8 Å². The van der Waals surface area contributed by atoms with Gasteiger partial charge in [0.15, 0.2) is 11.6 Å². The first-order valence-electron chi connectivity index (χ1n) is 13.1. The number of halogens is 3. The van der Waals surface area contributed by atoms with E-state index in [1.54, 1.807) is 14.0 Å². The van der Waals surface area contributed by atoms with E-state index in [9.17, 15) is 33.3 Å². The molecule has 2 aliphatic heterocycles. The van der Waals surface area contributed by atoms with E-state index in [1.807, 2.05) is 6.07 Å². The van der Waals surface area contributed by atoms with Crippen molar-refractivity contribution in [2.75, 3.05) is 33.2 Å². The molecule has 2 aromatic carbocycles. The first-order valence-corrected chi connectivity index (χ1v) is 13.1. The fourth-order valence-corrected chi connectivity index (χ4v) is 5.60. The van der Waals surface area contributed by atoms with Crippen molar-refractivity contribution in [1.29, 1.82) is 10.5 Å². The molecule has 0 bridgehead atoms. The molecule has 2 aliphatic rings. The van der Waals surface area contributed by atoms with Crippen LogP contribution in [0, 0.1) is 40.1 Å². The van der Waals surface area contributed by atoms with Gasteiger partial charge in [-0.3, -0.25) is 9.59 Å². The maximum absolute atomic E-state index is 13.9. The number of benzene rings is 2. The van der Waals surface area contributed by atoms with Crippen LogP contribution in [-0.4, -0.2) is 54.8 Å². The highest BCUT2D eigenvalue weighted by atomic mass is 19.2. The zero-order valence-corrected chi connectivity index (χ0v) is 22.4. The smallest absolute Gasteiger partial charge is 0.249 e. The minimum absolute atomic E-state index is 0.0301. The van der Waals surface area contributed by atoms with E-state index in [4.69, 9.17) is 0 Å². The molecule has 1 fully saturated rings. The molecule has 1 unspecified atom stereocenters. The highest BCUT2D eigenvalue weighted by Crippen LogP contribution is 2.38. The van der Waals surface area contributed by atoms with Crippen LogP contribution < -0.4 is 5.32 Å². The number of piperidine rings is 1. The third-order valence-electron chi connectivity index (χ3n) is 8.06. The van der Waals surface area contributed by atoms with Gasteiger partial charge >= 0.3 is 0 Å². The summed E-state index contributed by atoms with van der Waals surface area (Å²) in [6.07, 6.45) is 1.59. The molecular formula is C30H30F3N5O2. The Bertz CT molecular complexity index is 1430. The highest BCUT2D eigenvalue weighted by molar-refractivity contribution is 5.99. The van der Waals surface area contributed by atoms with Crippen molar-refractivity contribution in [3.63, 3.8) is 0 Å². The number of nitrogens with one attached hydrogen (secondary N) is 1. The quantitative estimate of drug-likeness (QED) is 0.521. The number of allylic oxidation sites excluding steroid dienone is 1. The molecule has 0 aromatic heterocycles. The Morgan fingerprint density at radius 2 is 1.82 bits per heavy atom. The zero-order chi connectivity index (χ0) is 29.0. The highest BCUT2D eigenvalue weighted by Gasteiger charge is 2.38. The average Bonchev–Trinajstić information content (AvgIpc) is 2.95. The van der Waals surface area contributed by atoms with Gasteiger partial charge in [-0.2, -0.15) is 10.5 Å². The predicted molar refractivity (Wildman–Crippen MR) is 141 cm³/mol. The molecule has 0 spiro atoms. The fourth-order valence-electron chi connectivity index (χ4n) is 5.60. The number of rotatable bonds is 7. The van der Waals surface area contributed by atoms with Crippen molar-refractivity contribution >= 4 is 11.8 Å². The van der Waals surface area contributed by atoms with Crippen LogP contribution >= 0.6 is 0 Å². The largest absolute Gasteiger partial charge is 0.352 e. The summed E-state index contributed by atoms with van der Waals surface area (Å²) in [5, 5.41) is 22.3.